The molecule has 0 fully saturated rings. The van der Waals surface area contributed by atoms with Crippen LogP contribution < -0.4 is 14.9 Å². The highest BCUT2D eigenvalue weighted by molar-refractivity contribution is 6.04. The van der Waals surface area contributed by atoms with Crippen LogP contribution in [0.1, 0.15) is 32.4 Å². The molecule has 1 aliphatic heterocycles. The number of aryl methyl sites for hydroxylation is 1. The average Bonchev–Trinajstić information content (AvgIpc) is 2.77. The molecule has 2 heterocycles. The first-order valence-electron chi connectivity index (χ1n) is 10.7. The molecule has 1 aliphatic rings. The molecule has 7 nitrogen and oxygen atoms in total. The van der Waals surface area contributed by atoms with Gasteiger partial charge in [0.15, 0.2) is 6.10 Å². The maximum Gasteiger partial charge on any atom is 0.303 e. The number of carbonyl (C=O) groups is 1. The first-order valence-corrected chi connectivity index (χ1v) is 10.7. The van der Waals surface area contributed by atoms with Crippen LogP contribution in [0.2, 0.25) is 0 Å². The van der Waals surface area contributed by atoms with Crippen LogP contribution in [0.15, 0.2) is 47.3 Å². The van der Waals surface area contributed by atoms with Crippen molar-refractivity contribution in [3.8, 4) is 11.5 Å². The van der Waals surface area contributed by atoms with Gasteiger partial charge in [-0.3, -0.25) is 9.59 Å². The minimum atomic E-state index is -1.20. The number of aliphatic hydroxyl groups is 1. The summed E-state index contributed by atoms with van der Waals surface area (Å²) in [6.07, 6.45) is -2.16. The van der Waals surface area contributed by atoms with Crippen molar-refractivity contribution in [2.24, 2.45) is 7.05 Å². The van der Waals surface area contributed by atoms with E-state index in [9.17, 15) is 14.7 Å². The van der Waals surface area contributed by atoms with Gasteiger partial charge in [0.05, 0.1) is 29.1 Å². The number of aromatic nitrogens is 1. The van der Waals surface area contributed by atoms with Gasteiger partial charge in [0.2, 0.25) is 5.43 Å². The number of esters is 1. The minimum Gasteiger partial charge on any atom is -0.496 e. The fourth-order valence-electron chi connectivity index (χ4n) is 4.94. The minimum absolute atomic E-state index is 0.204. The van der Waals surface area contributed by atoms with Crippen LogP contribution in [-0.4, -0.2) is 34.5 Å². The monoisotopic (exact) mass is 447 g/mol. The van der Waals surface area contributed by atoms with Crippen molar-refractivity contribution in [3.05, 3.63) is 58.3 Å². The van der Waals surface area contributed by atoms with Crippen LogP contribution in [0, 0.1) is 0 Å². The quantitative estimate of drug-likeness (QED) is 0.369. The molecule has 0 saturated heterocycles. The zero-order valence-corrected chi connectivity index (χ0v) is 19.1. The van der Waals surface area contributed by atoms with E-state index in [4.69, 9.17) is 14.2 Å². The molecule has 0 aliphatic carbocycles. The highest BCUT2D eigenvalue weighted by Gasteiger charge is 2.47. The molecule has 2 atom stereocenters. The SMILES string of the molecule is COc1cc2c(c3c1c(=O)c1cc4ccccc4cc1n3C)[C@H](O)[C@H](OC(C)=O)C(C)(C)O2. The number of methoxy groups -OCH3 is 1. The molecule has 0 amide bonds. The van der Waals surface area contributed by atoms with Crippen LogP contribution in [0.25, 0.3) is 32.6 Å². The van der Waals surface area contributed by atoms with E-state index in [1.807, 2.05) is 48.0 Å². The number of pyridine rings is 1. The maximum absolute atomic E-state index is 13.7. The second kappa shape index (κ2) is 7.22. The average molecular weight is 447 g/mol. The van der Waals surface area contributed by atoms with Gasteiger partial charge in [0, 0.05) is 25.4 Å². The number of ether oxygens (including phenoxy) is 3. The van der Waals surface area contributed by atoms with Crippen molar-refractivity contribution in [2.75, 3.05) is 7.11 Å². The summed E-state index contributed by atoms with van der Waals surface area (Å²) in [5.41, 5.74) is 0.387. The highest BCUT2D eigenvalue weighted by Crippen LogP contribution is 2.47. The molecule has 1 N–H and O–H groups in total. The van der Waals surface area contributed by atoms with Gasteiger partial charge in [0.25, 0.3) is 0 Å². The summed E-state index contributed by atoms with van der Waals surface area (Å²) in [6, 6.07) is 13.3. The summed E-state index contributed by atoms with van der Waals surface area (Å²) in [6.45, 7) is 4.78. The molecule has 3 aromatic carbocycles. The third-order valence-electron chi connectivity index (χ3n) is 6.45. The largest absolute Gasteiger partial charge is 0.496 e. The summed E-state index contributed by atoms with van der Waals surface area (Å²) in [7, 11) is 3.34. The molecule has 33 heavy (non-hydrogen) atoms. The zero-order chi connectivity index (χ0) is 23.7. The lowest BCUT2D eigenvalue weighted by Crippen LogP contribution is -2.51. The van der Waals surface area contributed by atoms with Crippen molar-refractivity contribution in [3.63, 3.8) is 0 Å². The van der Waals surface area contributed by atoms with Gasteiger partial charge in [-0.25, -0.2) is 0 Å². The summed E-state index contributed by atoms with van der Waals surface area (Å²) in [5, 5.41) is 14.2. The Bertz CT molecular complexity index is 1520. The maximum atomic E-state index is 13.7. The summed E-state index contributed by atoms with van der Waals surface area (Å²) >= 11 is 0. The number of benzene rings is 3. The van der Waals surface area contributed by atoms with Crippen molar-refractivity contribution in [1.82, 2.24) is 4.57 Å². The third kappa shape index (κ3) is 3.07. The van der Waals surface area contributed by atoms with Crippen molar-refractivity contribution >= 4 is 38.5 Å². The van der Waals surface area contributed by atoms with E-state index < -0.39 is 23.8 Å². The van der Waals surface area contributed by atoms with Crippen LogP contribution in [0.3, 0.4) is 0 Å². The predicted octanol–water partition coefficient (Wildman–Crippen LogP) is 3.99. The van der Waals surface area contributed by atoms with Crippen LogP contribution >= 0.6 is 0 Å². The smallest absolute Gasteiger partial charge is 0.303 e. The second-order valence-electron chi connectivity index (χ2n) is 9.00. The standard InChI is InChI=1S/C26H25NO6/c1-13(28)32-25-24(30)21-19(33-26(25,2)3)12-18(31-5)20-22(21)27(4)17-11-15-9-7-6-8-14(15)10-16(17)23(20)29/h6-12,24-25,30H,1-5H3/t24-,25-/m0/s1. The van der Waals surface area contributed by atoms with Gasteiger partial charge >= 0.3 is 5.97 Å². The topological polar surface area (TPSA) is 87.0 Å². The number of hydrogen-bond acceptors (Lipinski definition) is 6. The second-order valence-corrected chi connectivity index (χ2v) is 9.00. The Balaban J connectivity index is 1.94. The van der Waals surface area contributed by atoms with E-state index in [-0.39, 0.29) is 5.43 Å². The number of aliphatic hydroxyl groups excluding tert-OH is 1. The molecule has 1 aromatic heterocycles. The van der Waals surface area contributed by atoms with E-state index in [0.717, 1.165) is 10.8 Å². The van der Waals surface area contributed by atoms with Gasteiger partial charge in [-0.05, 0) is 36.8 Å². The Kier molecular flexibility index (Phi) is 4.65. The molecular formula is C26H25NO6. The Morgan fingerprint density at radius 2 is 1.82 bits per heavy atom. The van der Waals surface area contributed by atoms with Crippen LogP contribution in [-0.2, 0) is 16.6 Å². The van der Waals surface area contributed by atoms with E-state index in [0.29, 0.717) is 38.9 Å². The number of rotatable bonds is 2. The number of hydrogen-bond donors (Lipinski definition) is 1. The van der Waals surface area contributed by atoms with E-state index in [2.05, 4.69) is 0 Å². The molecule has 7 heteroatoms. The van der Waals surface area contributed by atoms with Gasteiger partial charge in [-0.1, -0.05) is 24.3 Å². The predicted molar refractivity (Wildman–Crippen MR) is 126 cm³/mol. The van der Waals surface area contributed by atoms with E-state index in [1.165, 1.54) is 14.0 Å². The Morgan fingerprint density at radius 1 is 1.15 bits per heavy atom. The lowest BCUT2D eigenvalue weighted by molar-refractivity contribution is -0.174. The van der Waals surface area contributed by atoms with Gasteiger partial charge in [-0.15, -0.1) is 0 Å². The van der Waals surface area contributed by atoms with Crippen molar-refractivity contribution in [2.45, 2.75) is 38.6 Å². The molecule has 0 unspecified atom stereocenters. The first kappa shape index (κ1) is 21.3. The number of nitrogens with zero attached hydrogens (tertiary/aromatic N) is 1. The lowest BCUT2D eigenvalue weighted by Gasteiger charge is -2.42. The zero-order valence-electron chi connectivity index (χ0n) is 19.1. The normalized spacial score (nSPS) is 19.3. The molecule has 4 aromatic rings. The molecule has 0 radical (unpaired) electrons. The Hall–Kier alpha value is -3.58. The molecule has 5 rings (SSSR count). The third-order valence-corrected chi connectivity index (χ3v) is 6.45. The summed E-state index contributed by atoms with van der Waals surface area (Å²) < 4.78 is 19.1. The van der Waals surface area contributed by atoms with Gasteiger partial charge in [0.1, 0.15) is 23.2 Å². The lowest BCUT2D eigenvalue weighted by atomic mass is 9.86. The Labute approximate surface area is 190 Å². The number of carbonyl (C=O) groups excluding carboxylic acids is 1. The molecule has 0 saturated carbocycles. The van der Waals surface area contributed by atoms with E-state index in [1.54, 1.807) is 19.9 Å². The van der Waals surface area contributed by atoms with Crippen molar-refractivity contribution in [1.29, 1.82) is 0 Å². The summed E-state index contributed by atoms with van der Waals surface area (Å²) in [5.74, 6) is 0.214. The fraction of sp³-hybridized carbons (Fsp3) is 0.308. The van der Waals surface area contributed by atoms with Crippen LogP contribution in [0.4, 0.5) is 0 Å². The molecule has 0 spiro atoms. The fourth-order valence-corrected chi connectivity index (χ4v) is 4.94. The number of fused-ring (bicyclic) bond motifs is 5. The first-order chi connectivity index (χ1) is 15.6. The highest BCUT2D eigenvalue weighted by atomic mass is 16.6. The Morgan fingerprint density at radius 3 is 2.45 bits per heavy atom. The molecule has 170 valence electrons. The van der Waals surface area contributed by atoms with Gasteiger partial charge < -0.3 is 23.9 Å². The molecular weight excluding hydrogens is 422 g/mol. The van der Waals surface area contributed by atoms with Crippen LogP contribution in [0.5, 0.6) is 11.5 Å². The molecule has 0 bridgehead atoms. The van der Waals surface area contributed by atoms with Crippen molar-refractivity contribution < 1.29 is 24.1 Å². The van der Waals surface area contributed by atoms with E-state index >= 15 is 0 Å². The summed E-state index contributed by atoms with van der Waals surface area (Å²) in [4.78, 5) is 25.5. The van der Waals surface area contributed by atoms with Gasteiger partial charge in [-0.2, -0.15) is 0 Å².